The highest BCUT2D eigenvalue weighted by molar-refractivity contribution is 5.28. The average molecular weight is 261 g/mol. The van der Waals surface area contributed by atoms with Crippen LogP contribution in [0.4, 0.5) is 0 Å². The molecular formula is C17H27NO. The average Bonchev–Trinajstić information content (AvgIpc) is 2.70. The van der Waals surface area contributed by atoms with Crippen molar-refractivity contribution in [3.8, 4) is 5.75 Å². The zero-order chi connectivity index (χ0) is 13.5. The van der Waals surface area contributed by atoms with E-state index in [1.807, 2.05) is 6.07 Å². The van der Waals surface area contributed by atoms with Crippen LogP contribution in [-0.2, 0) is 6.54 Å². The lowest BCUT2D eigenvalue weighted by molar-refractivity contribution is 0.412. The Morgan fingerprint density at radius 2 is 2.11 bits per heavy atom. The Labute approximate surface area is 117 Å². The van der Waals surface area contributed by atoms with Gasteiger partial charge in [0.05, 0.1) is 7.11 Å². The first kappa shape index (κ1) is 14.4. The largest absolute Gasteiger partial charge is 0.497 e. The smallest absolute Gasteiger partial charge is 0.119 e. The summed E-state index contributed by atoms with van der Waals surface area (Å²) in [5, 5.41) is 3.72. The van der Waals surface area contributed by atoms with Gasteiger partial charge in [0.25, 0.3) is 0 Å². The molecule has 2 atom stereocenters. The van der Waals surface area contributed by atoms with E-state index in [1.54, 1.807) is 7.11 Å². The third-order valence-corrected chi connectivity index (χ3v) is 4.39. The van der Waals surface area contributed by atoms with Crippen LogP contribution in [0.15, 0.2) is 24.3 Å². The van der Waals surface area contributed by atoms with Crippen molar-refractivity contribution in [3.05, 3.63) is 29.8 Å². The number of nitrogens with one attached hydrogen (secondary N) is 1. The van der Waals surface area contributed by atoms with Crippen molar-refractivity contribution in [2.75, 3.05) is 7.11 Å². The molecule has 1 aliphatic carbocycles. The molecule has 0 aliphatic heterocycles. The fourth-order valence-corrected chi connectivity index (χ4v) is 3.04. The van der Waals surface area contributed by atoms with Gasteiger partial charge in [0.1, 0.15) is 5.75 Å². The maximum Gasteiger partial charge on any atom is 0.119 e. The van der Waals surface area contributed by atoms with Gasteiger partial charge in [-0.25, -0.2) is 0 Å². The molecule has 1 saturated carbocycles. The van der Waals surface area contributed by atoms with Gasteiger partial charge in [-0.05, 0) is 42.9 Å². The molecule has 1 aliphatic rings. The van der Waals surface area contributed by atoms with Crippen molar-refractivity contribution < 1.29 is 4.74 Å². The lowest BCUT2D eigenvalue weighted by Gasteiger charge is -2.17. The third-order valence-electron chi connectivity index (χ3n) is 4.39. The lowest BCUT2D eigenvalue weighted by atomic mass is 9.98. The molecule has 0 heterocycles. The van der Waals surface area contributed by atoms with Gasteiger partial charge in [-0.3, -0.25) is 0 Å². The molecule has 0 amide bonds. The van der Waals surface area contributed by atoms with Crippen LogP contribution in [0.2, 0.25) is 0 Å². The zero-order valence-electron chi connectivity index (χ0n) is 12.3. The van der Waals surface area contributed by atoms with Gasteiger partial charge in [-0.1, -0.05) is 38.3 Å². The van der Waals surface area contributed by atoms with E-state index >= 15 is 0 Å². The van der Waals surface area contributed by atoms with E-state index in [4.69, 9.17) is 4.74 Å². The Bertz CT molecular complexity index is 377. The minimum Gasteiger partial charge on any atom is -0.497 e. The Morgan fingerprint density at radius 1 is 1.21 bits per heavy atom. The van der Waals surface area contributed by atoms with Crippen LogP contribution in [0, 0.1) is 5.92 Å². The Hall–Kier alpha value is -1.02. The molecular weight excluding hydrogens is 234 g/mol. The summed E-state index contributed by atoms with van der Waals surface area (Å²) in [4.78, 5) is 0. The molecule has 0 spiro atoms. The highest BCUT2D eigenvalue weighted by atomic mass is 16.5. The number of hydrogen-bond acceptors (Lipinski definition) is 2. The third kappa shape index (κ3) is 4.54. The quantitative estimate of drug-likeness (QED) is 0.804. The van der Waals surface area contributed by atoms with E-state index in [9.17, 15) is 0 Å². The monoisotopic (exact) mass is 261 g/mol. The maximum atomic E-state index is 5.27. The van der Waals surface area contributed by atoms with Gasteiger partial charge >= 0.3 is 0 Å². The highest BCUT2D eigenvalue weighted by Gasteiger charge is 2.17. The van der Waals surface area contributed by atoms with Crippen LogP contribution in [0.1, 0.15) is 51.0 Å². The second-order valence-electron chi connectivity index (χ2n) is 5.71. The van der Waals surface area contributed by atoms with Crippen LogP contribution in [0.25, 0.3) is 0 Å². The topological polar surface area (TPSA) is 21.3 Å². The second-order valence-corrected chi connectivity index (χ2v) is 5.71. The van der Waals surface area contributed by atoms with Crippen molar-refractivity contribution in [2.24, 2.45) is 5.92 Å². The summed E-state index contributed by atoms with van der Waals surface area (Å²) in [6, 6.07) is 9.05. The van der Waals surface area contributed by atoms with Gasteiger partial charge in [0, 0.05) is 12.6 Å². The SMILES string of the molecule is CCC1CCCC(NCc2cccc(OC)c2)CC1. The van der Waals surface area contributed by atoms with Gasteiger partial charge in [-0.2, -0.15) is 0 Å². The van der Waals surface area contributed by atoms with Crippen molar-refractivity contribution in [1.82, 2.24) is 5.32 Å². The first-order chi connectivity index (χ1) is 9.31. The number of benzene rings is 1. The molecule has 1 aromatic carbocycles. The fraction of sp³-hybridized carbons (Fsp3) is 0.647. The van der Waals surface area contributed by atoms with Crippen LogP contribution >= 0.6 is 0 Å². The molecule has 2 rings (SSSR count). The van der Waals surface area contributed by atoms with Crippen LogP contribution in [-0.4, -0.2) is 13.2 Å². The predicted octanol–water partition coefficient (Wildman–Crippen LogP) is 4.14. The van der Waals surface area contributed by atoms with Crippen molar-refractivity contribution in [3.63, 3.8) is 0 Å². The van der Waals surface area contributed by atoms with E-state index in [0.29, 0.717) is 6.04 Å². The summed E-state index contributed by atoms with van der Waals surface area (Å²) >= 11 is 0. The van der Waals surface area contributed by atoms with E-state index in [2.05, 4.69) is 30.4 Å². The summed E-state index contributed by atoms with van der Waals surface area (Å²) in [6.07, 6.45) is 8.22. The Kier molecular flexibility index (Phi) is 5.71. The molecule has 0 bridgehead atoms. The van der Waals surface area contributed by atoms with Gasteiger partial charge in [0.2, 0.25) is 0 Å². The number of hydrogen-bond donors (Lipinski definition) is 1. The summed E-state index contributed by atoms with van der Waals surface area (Å²) < 4.78 is 5.27. The molecule has 2 nitrogen and oxygen atoms in total. The number of ether oxygens (including phenoxy) is 1. The van der Waals surface area contributed by atoms with Crippen molar-refractivity contribution >= 4 is 0 Å². The summed E-state index contributed by atoms with van der Waals surface area (Å²) in [6.45, 7) is 3.29. The minimum absolute atomic E-state index is 0.697. The molecule has 1 fully saturated rings. The Morgan fingerprint density at radius 3 is 2.89 bits per heavy atom. The normalized spacial score (nSPS) is 23.9. The van der Waals surface area contributed by atoms with E-state index in [0.717, 1.165) is 18.2 Å². The standard InChI is InChI=1S/C17H27NO/c1-3-14-6-4-8-16(11-10-14)18-13-15-7-5-9-17(12-15)19-2/h5,7,9,12,14,16,18H,3-4,6,8,10-11,13H2,1-2H3. The summed E-state index contributed by atoms with van der Waals surface area (Å²) in [5.41, 5.74) is 1.32. The summed E-state index contributed by atoms with van der Waals surface area (Å²) in [7, 11) is 1.72. The lowest BCUT2D eigenvalue weighted by Crippen LogP contribution is -2.27. The van der Waals surface area contributed by atoms with E-state index < -0.39 is 0 Å². The van der Waals surface area contributed by atoms with Crippen LogP contribution in [0.3, 0.4) is 0 Å². The Balaban J connectivity index is 1.81. The number of rotatable bonds is 5. The second kappa shape index (κ2) is 7.54. The zero-order valence-corrected chi connectivity index (χ0v) is 12.3. The molecule has 2 heteroatoms. The first-order valence-corrected chi connectivity index (χ1v) is 7.68. The summed E-state index contributed by atoms with van der Waals surface area (Å²) in [5.74, 6) is 1.91. The van der Waals surface area contributed by atoms with Gasteiger partial charge < -0.3 is 10.1 Å². The van der Waals surface area contributed by atoms with Crippen molar-refractivity contribution in [1.29, 1.82) is 0 Å². The molecule has 1 N–H and O–H groups in total. The first-order valence-electron chi connectivity index (χ1n) is 7.68. The van der Waals surface area contributed by atoms with E-state index in [-0.39, 0.29) is 0 Å². The molecule has 0 aromatic heterocycles. The van der Waals surface area contributed by atoms with Crippen LogP contribution in [0.5, 0.6) is 5.75 Å². The molecule has 19 heavy (non-hydrogen) atoms. The molecule has 2 unspecified atom stereocenters. The van der Waals surface area contributed by atoms with Gasteiger partial charge in [0.15, 0.2) is 0 Å². The number of methoxy groups -OCH3 is 1. The van der Waals surface area contributed by atoms with E-state index in [1.165, 1.54) is 44.1 Å². The fourth-order valence-electron chi connectivity index (χ4n) is 3.04. The molecule has 1 aromatic rings. The maximum absolute atomic E-state index is 5.27. The molecule has 106 valence electrons. The predicted molar refractivity (Wildman–Crippen MR) is 80.5 cm³/mol. The van der Waals surface area contributed by atoms with Crippen LogP contribution < -0.4 is 10.1 Å². The minimum atomic E-state index is 0.697. The van der Waals surface area contributed by atoms with Crippen molar-refractivity contribution in [2.45, 2.75) is 58.0 Å². The molecule has 0 saturated heterocycles. The molecule has 0 radical (unpaired) electrons. The van der Waals surface area contributed by atoms with Gasteiger partial charge in [-0.15, -0.1) is 0 Å². The highest BCUT2D eigenvalue weighted by Crippen LogP contribution is 2.25.